The minimum atomic E-state index is -3.18. The molecule has 3 N–H and O–H groups in total. The van der Waals surface area contributed by atoms with Crippen LogP contribution in [0.5, 0.6) is 0 Å². The predicted octanol–water partition coefficient (Wildman–Crippen LogP) is 1.90. The van der Waals surface area contributed by atoms with E-state index >= 15 is 0 Å². The van der Waals surface area contributed by atoms with E-state index in [1.165, 1.54) is 6.26 Å². The second-order valence-corrected chi connectivity index (χ2v) is 6.45. The molecule has 0 saturated carbocycles. The molecule has 5 heteroatoms. The molecule has 1 aromatic carbocycles. The predicted molar refractivity (Wildman–Crippen MR) is 68.7 cm³/mol. The van der Waals surface area contributed by atoms with Crippen LogP contribution in [0.1, 0.15) is 24.2 Å². The third kappa shape index (κ3) is 2.08. The van der Waals surface area contributed by atoms with Crippen LogP contribution in [0, 0.1) is 6.92 Å². The third-order valence-corrected chi connectivity index (χ3v) is 4.00. The van der Waals surface area contributed by atoms with Crippen molar-refractivity contribution in [2.24, 2.45) is 5.73 Å². The molecule has 4 nitrogen and oxygen atoms in total. The van der Waals surface area contributed by atoms with E-state index in [1.54, 1.807) is 18.2 Å². The van der Waals surface area contributed by atoms with Crippen molar-refractivity contribution in [3.8, 4) is 0 Å². The minimum Gasteiger partial charge on any atom is -0.358 e. The van der Waals surface area contributed by atoms with Gasteiger partial charge in [0, 0.05) is 28.9 Å². The van der Waals surface area contributed by atoms with Gasteiger partial charge in [-0.2, -0.15) is 0 Å². The zero-order valence-electron chi connectivity index (χ0n) is 10.1. The van der Waals surface area contributed by atoms with Crippen molar-refractivity contribution in [3.05, 3.63) is 29.5 Å². The fourth-order valence-electron chi connectivity index (χ4n) is 2.14. The lowest BCUT2D eigenvalue weighted by atomic mass is 10.1. The van der Waals surface area contributed by atoms with Gasteiger partial charge in [0.15, 0.2) is 9.84 Å². The molecule has 1 aromatic heterocycles. The van der Waals surface area contributed by atoms with E-state index in [4.69, 9.17) is 5.73 Å². The molecule has 1 heterocycles. The third-order valence-electron chi connectivity index (χ3n) is 2.89. The summed E-state index contributed by atoms with van der Waals surface area (Å²) in [5.41, 5.74) is 8.80. The second-order valence-electron chi connectivity index (χ2n) is 4.43. The average Bonchev–Trinajstić information content (AvgIpc) is 2.50. The van der Waals surface area contributed by atoms with E-state index in [9.17, 15) is 8.42 Å². The molecule has 2 rings (SSSR count). The average molecular weight is 252 g/mol. The van der Waals surface area contributed by atoms with Gasteiger partial charge in [0.1, 0.15) is 0 Å². The van der Waals surface area contributed by atoms with Crippen molar-refractivity contribution >= 4 is 20.7 Å². The van der Waals surface area contributed by atoms with Crippen LogP contribution in [-0.4, -0.2) is 19.7 Å². The number of H-pyrrole nitrogens is 1. The van der Waals surface area contributed by atoms with Gasteiger partial charge >= 0.3 is 0 Å². The Hall–Kier alpha value is -1.33. The van der Waals surface area contributed by atoms with Gasteiger partial charge in [0.05, 0.1) is 4.90 Å². The highest BCUT2D eigenvalue weighted by Crippen LogP contribution is 2.28. The summed E-state index contributed by atoms with van der Waals surface area (Å²) >= 11 is 0. The molecule has 1 atom stereocenters. The molecule has 0 radical (unpaired) electrons. The standard InChI is InChI=1S/C12H16N2O2S/c1-7(13)12-8(2)14-11-5-4-9(6-10(11)12)17(3,15)16/h4-7,14H,13H2,1-3H3. The first-order valence-corrected chi connectivity index (χ1v) is 7.27. The molecule has 2 aromatic rings. The maximum absolute atomic E-state index is 11.5. The Morgan fingerprint density at radius 3 is 2.53 bits per heavy atom. The Bertz CT molecular complexity index is 669. The number of benzene rings is 1. The maximum atomic E-state index is 11.5. The summed E-state index contributed by atoms with van der Waals surface area (Å²) in [5.74, 6) is 0. The number of hydrogen-bond donors (Lipinski definition) is 2. The van der Waals surface area contributed by atoms with Gasteiger partial charge in [-0.1, -0.05) is 0 Å². The molecule has 0 aliphatic rings. The molecule has 1 unspecified atom stereocenters. The molecule has 0 aliphatic carbocycles. The zero-order chi connectivity index (χ0) is 12.8. The van der Waals surface area contributed by atoms with Crippen molar-refractivity contribution in [2.75, 3.05) is 6.26 Å². The van der Waals surface area contributed by atoms with E-state index in [0.29, 0.717) is 4.90 Å². The molecule has 0 saturated heterocycles. The van der Waals surface area contributed by atoms with Crippen molar-refractivity contribution in [1.29, 1.82) is 0 Å². The van der Waals surface area contributed by atoms with Gasteiger partial charge in [-0.3, -0.25) is 0 Å². The topological polar surface area (TPSA) is 76.0 Å². The molecule has 0 spiro atoms. The number of fused-ring (bicyclic) bond motifs is 1. The first-order valence-electron chi connectivity index (χ1n) is 5.38. The van der Waals surface area contributed by atoms with Crippen molar-refractivity contribution in [3.63, 3.8) is 0 Å². The number of aromatic amines is 1. The number of sulfone groups is 1. The summed E-state index contributed by atoms with van der Waals surface area (Å²) in [4.78, 5) is 3.54. The lowest BCUT2D eigenvalue weighted by Crippen LogP contribution is -2.06. The van der Waals surface area contributed by atoms with Gasteiger partial charge < -0.3 is 10.7 Å². The van der Waals surface area contributed by atoms with Gasteiger partial charge in [-0.25, -0.2) is 8.42 Å². The monoisotopic (exact) mass is 252 g/mol. The molecule has 92 valence electrons. The minimum absolute atomic E-state index is 0.126. The summed E-state index contributed by atoms with van der Waals surface area (Å²) in [5, 5.41) is 0.889. The highest BCUT2D eigenvalue weighted by atomic mass is 32.2. The molecular formula is C12H16N2O2S. The highest BCUT2D eigenvalue weighted by molar-refractivity contribution is 7.90. The number of rotatable bonds is 2. The smallest absolute Gasteiger partial charge is 0.175 e. The van der Waals surface area contributed by atoms with Crippen molar-refractivity contribution in [2.45, 2.75) is 24.8 Å². The quantitative estimate of drug-likeness (QED) is 0.857. The Kier molecular flexibility index (Phi) is 2.75. The molecule has 0 bridgehead atoms. The maximum Gasteiger partial charge on any atom is 0.175 e. The molecular weight excluding hydrogens is 236 g/mol. The summed E-state index contributed by atoms with van der Waals surface area (Å²) in [7, 11) is -3.18. The Balaban J connectivity index is 2.80. The van der Waals surface area contributed by atoms with Crippen LogP contribution in [0.2, 0.25) is 0 Å². The van der Waals surface area contributed by atoms with Crippen LogP contribution >= 0.6 is 0 Å². The van der Waals surface area contributed by atoms with Crippen LogP contribution in [0.25, 0.3) is 10.9 Å². The second kappa shape index (κ2) is 3.85. The van der Waals surface area contributed by atoms with Crippen LogP contribution in [0.3, 0.4) is 0 Å². The van der Waals surface area contributed by atoms with Gasteiger partial charge in [-0.05, 0) is 37.6 Å². The number of nitrogens with two attached hydrogens (primary N) is 1. The normalized spacial score (nSPS) is 14.1. The Labute approximate surface area is 101 Å². The van der Waals surface area contributed by atoms with Gasteiger partial charge in [-0.15, -0.1) is 0 Å². The first kappa shape index (κ1) is 12.1. The zero-order valence-corrected chi connectivity index (χ0v) is 10.9. The van der Waals surface area contributed by atoms with Crippen LogP contribution in [0.15, 0.2) is 23.1 Å². The van der Waals surface area contributed by atoms with E-state index in [-0.39, 0.29) is 6.04 Å². The van der Waals surface area contributed by atoms with Gasteiger partial charge in [0.25, 0.3) is 0 Å². The molecule has 0 aliphatic heterocycles. The van der Waals surface area contributed by atoms with Crippen LogP contribution in [0.4, 0.5) is 0 Å². The number of nitrogens with one attached hydrogen (secondary N) is 1. The molecule has 0 fully saturated rings. The summed E-state index contributed by atoms with van der Waals surface area (Å²) in [6, 6.07) is 4.95. The largest absolute Gasteiger partial charge is 0.358 e. The summed E-state index contributed by atoms with van der Waals surface area (Å²) in [6.45, 7) is 3.83. The number of aromatic nitrogens is 1. The van der Waals surface area contributed by atoms with E-state index in [2.05, 4.69) is 4.98 Å². The number of hydrogen-bond acceptors (Lipinski definition) is 3. The van der Waals surface area contributed by atoms with Crippen LogP contribution < -0.4 is 5.73 Å². The van der Waals surface area contributed by atoms with Gasteiger partial charge in [0.2, 0.25) is 0 Å². The van der Waals surface area contributed by atoms with Crippen molar-refractivity contribution in [1.82, 2.24) is 4.98 Å². The summed E-state index contributed by atoms with van der Waals surface area (Å²) in [6.07, 6.45) is 1.21. The highest BCUT2D eigenvalue weighted by Gasteiger charge is 2.15. The lowest BCUT2D eigenvalue weighted by molar-refractivity contribution is 0.602. The van der Waals surface area contributed by atoms with Crippen LogP contribution in [-0.2, 0) is 9.84 Å². The van der Waals surface area contributed by atoms with Crippen molar-refractivity contribution < 1.29 is 8.42 Å². The fourth-order valence-corrected chi connectivity index (χ4v) is 2.79. The number of aryl methyl sites for hydroxylation is 1. The summed E-state index contributed by atoms with van der Waals surface area (Å²) < 4.78 is 23.0. The fraction of sp³-hybridized carbons (Fsp3) is 0.333. The van der Waals surface area contributed by atoms with E-state index in [1.807, 2.05) is 13.8 Å². The molecule has 0 amide bonds. The Morgan fingerprint density at radius 2 is 2.00 bits per heavy atom. The van der Waals surface area contributed by atoms with E-state index in [0.717, 1.165) is 22.2 Å². The SMILES string of the molecule is Cc1[nH]c2ccc(S(C)(=O)=O)cc2c1C(C)N. The lowest BCUT2D eigenvalue weighted by Gasteiger charge is -2.06. The first-order chi connectivity index (χ1) is 7.80. The van der Waals surface area contributed by atoms with E-state index < -0.39 is 9.84 Å². The Morgan fingerprint density at radius 1 is 1.35 bits per heavy atom. The molecule has 17 heavy (non-hydrogen) atoms.